The maximum absolute atomic E-state index is 14.4. The fourth-order valence-electron chi connectivity index (χ4n) is 4.64. The van der Waals surface area contributed by atoms with Crippen molar-refractivity contribution in [1.29, 1.82) is 0 Å². The number of morpholine rings is 1. The zero-order chi connectivity index (χ0) is 33.2. The van der Waals surface area contributed by atoms with Gasteiger partial charge >= 0.3 is 6.09 Å². The maximum Gasteiger partial charge on any atom is 0.407 e. The number of alkyl carbamates (subject to hydrolysis) is 1. The smallest absolute Gasteiger partial charge is 0.407 e. The van der Waals surface area contributed by atoms with Crippen molar-refractivity contribution in [2.45, 2.75) is 79.0 Å². The Kier molecular flexibility index (Phi) is 12.7. The molecule has 3 heterocycles. The van der Waals surface area contributed by atoms with E-state index < -0.39 is 23.6 Å². The molecule has 1 fully saturated rings. The first kappa shape index (κ1) is 35.8. The molecule has 0 aromatic carbocycles. The van der Waals surface area contributed by atoms with Crippen LogP contribution in [0.5, 0.6) is 0 Å². The van der Waals surface area contributed by atoms with Gasteiger partial charge in [-0.3, -0.25) is 14.5 Å². The van der Waals surface area contributed by atoms with Crippen LogP contribution in [0.25, 0.3) is 0 Å². The standard InChI is InChI=1S/C32H51N7O6/c1-22(2)21-39(28(41)24-19-35-29(31(3,4)5)37-26(24)34-18-23-10-9-15-44-23)25(20-36-30(42)45-32(6,7)8)27(40)33-11-12-38-13-16-43-17-14-38/h9-10,15,19,22,25H,11-14,16-18,20-21H2,1-8H3,(H,33,40)(H,36,42)(H,34,35,37)/t25-/m0/s1. The largest absolute Gasteiger partial charge is 0.467 e. The van der Waals surface area contributed by atoms with Crippen molar-refractivity contribution >= 4 is 23.7 Å². The average molecular weight is 630 g/mol. The first-order valence-corrected chi connectivity index (χ1v) is 15.6. The summed E-state index contributed by atoms with van der Waals surface area (Å²) in [6.07, 6.45) is 2.40. The minimum Gasteiger partial charge on any atom is -0.467 e. The lowest BCUT2D eigenvalue weighted by Crippen LogP contribution is -2.56. The molecule has 0 spiro atoms. The molecule has 3 rings (SSSR count). The highest BCUT2D eigenvalue weighted by Crippen LogP contribution is 2.24. The van der Waals surface area contributed by atoms with Crippen molar-refractivity contribution in [1.82, 2.24) is 30.4 Å². The van der Waals surface area contributed by atoms with E-state index in [-0.39, 0.29) is 35.9 Å². The Morgan fingerprint density at radius 1 is 1.09 bits per heavy atom. The number of amides is 3. The van der Waals surface area contributed by atoms with Crippen molar-refractivity contribution in [3.05, 3.63) is 41.7 Å². The molecule has 0 bridgehead atoms. The first-order chi connectivity index (χ1) is 21.1. The van der Waals surface area contributed by atoms with Gasteiger partial charge in [-0.1, -0.05) is 34.6 Å². The second-order valence-corrected chi connectivity index (χ2v) is 13.6. The Morgan fingerprint density at radius 3 is 2.40 bits per heavy atom. The van der Waals surface area contributed by atoms with E-state index in [1.54, 1.807) is 33.1 Å². The molecule has 45 heavy (non-hydrogen) atoms. The monoisotopic (exact) mass is 629 g/mol. The predicted molar refractivity (Wildman–Crippen MR) is 171 cm³/mol. The van der Waals surface area contributed by atoms with Crippen molar-refractivity contribution in [3.8, 4) is 0 Å². The summed E-state index contributed by atoms with van der Waals surface area (Å²) in [5.74, 6) is 0.740. The number of nitrogens with one attached hydrogen (secondary N) is 3. The number of nitrogens with zero attached hydrogens (tertiary/aromatic N) is 4. The summed E-state index contributed by atoms with van der Waals surface area (Å²) < 4.78 is 16.3. The van der Waals surface area contributed by atoms with E-state index >= 15 is 0 Å². The first-order valence-electron chi connectivity index (χ1n) is 15.6. The molecule has 3 N–H and O–H groups in total. The van der Waals surface area contributed by atoms with Crippen molar-refractivity contribution in [2.75, 3.05) is 57.8 Å². The number of furan rings is 1. The minimum atomic E-state index is -1.03. The normalized spacial score (nSPS) is 15.0. The van der Waals surface area contributed by atoms with Gasteiger partial charge in [0, 0.05) is 44.3 Å². The number of ether oxygens (including phenoxy) is 2. The predicted octanol–water partition coefficient (Wildman–Crippen LogP) is 3.42. The Hall–Kier alpha value is -3.71. The van der Waals surface area contributed by atoms with Gasteiger partial charge in [0.05, 0.1) is 32.6 Å². The summed E-state index contributed by atoms with van der Waals surface area (Å²) in [6.45, 7) is 19.5. The van der Waals surface area contributed by atoms with Gasteiger partial charge in [0.25, 0.3) is 5.91 Å². The van der Waals surface area contributed by atoms with E-state index in [1.807, 2.05) is 40.7 Å². The highest BCUT2D eigenvalue weighted by molar-refractivity contribution is 6.01. The van der Waals surface area contributed by atoms with Crippen LogP contribution in [0.1, 0.15) is 77.3 Å². The SMILES string of the molecule is CC(C)CN(C(=O)c1cnc(C(C)(C)C)nc1NCc1ccco1)[C@@H](CNC(=O)OC(C)(C)C)C(=O)NCCN1CCOCC1. The van der Waals surface area contributed by atoms with Crippen LogP contribution in [-0.4, -0.2) is 102 Å². The molecule has 1 atom stereocenters. The summed E-state index contributed by atoms with van der Waals surface area (Å²) in [4.78, 5) is 53.8. The lowest BCUT2D eigenvalue weighted by molar-refractivity contribution is -0.125. The Bertz CT molecular complexity index is 1250. The number of carbonyl (C=O) groups is 3. The van der Waals surface area contributed by atoms with Crippen molar-refractivity contribution in [3.63, 3.8) is 0 Å². The molecule has 0 radical (unpaired) electrons. The highest BCUT2D eigenvalue weighted by atomic mass is 16.6. The van der Waals surface area contributed by atoms with Crippen LogP contribution in [0.4, 0.5) is 10.6 Å². The zero-order valence-electron chi connectivity index (χ0n) is 28.1. The lowest BCUT2D eigenvalue weighted by atomic mass is 9.95. The fraction of sp³-hybridized carbons (Fsp3) is 0.656. The Balaban J connectivity index is 1.92. The van der Waals surface area contributed by atoms with Crippen LogP contribution in [0.15, 0.2) is 29.0 Å². The summed E-state index contributed by atoms with van der Waals surface area (Å²) in [6, 6.07) is 2.58. The molecular formula is C32H51N7O6. The molecule has 0 aliphatic carbocycles. The van der Waals surface area contributed by atoms with Crippen LogP contribution in [0.3, 0.4) is 0 Å². The topological polar surface area (TPSA) is 151 Å². The van der Waals surface area contributed by atoms with Crippen LogP contribution in [-0.2, 0) is 26.2 Å². The van der Waals surface area contributed by atoms with Crippen molar-refractivity contribution in [2.24, 2.45) is 5.92 Å². The molecule has 0 unspecified atom stereocenters. The summed E-state index contributed by atoms with van der Waals surface area (Å²) in [5.41, 5.74) is -0.895. The summed E-state index contributed by atoms with van der Waals surface area (Å²) in [5, 5.41) is 8.92. The average Bonchev–Trinajstić information content (AvgIpc) is 3.48. The minimum absolute atomic E-state index is 0.00780. The van der Waals surface area contributed by atoms with Gasteiger partial charge in [-0.2, -0.15) is 0 Å². The number of hydrogen-bond donors (Lipinski definition) is 3. The number of anilines is 1. The molecule has 2 aromatic rings. The molecule has 13 nitrogen and oxygen atoms in total. The van der Waals surface area contributed by atoms with Gasteiger partial charge in [-0.05, 0) is 38.8 Å². The Morgan fingerprint density at radius 2 is 1.80 bits per heavy atom. The summed E-state index contributed by atoms with van der Waals surface area (Å²) >= 11 is 0. The molecule has 250 valence electrons. The van der Waals surface area contributed by atoms with Gasteiger partial charge in [-0.25, -0.2) is 14.8 Å². The van der Waals surface area contributed by atoms with E-state index in [0.29, 0.717) is 50.3 Å². The van der Waals surface area contributed by atoms with Gasteiger partial charge in [0.1, 0.15) is 34.6 Å². The van der Waals surface area contributed by atoms with E-state index in [1.165, 1.54) is 11.1 Å². The number of hydrogen-bond acceptors (Lipinski definition) is 10. The van der Waals surface area contributed by atoms with E-state index in [2.05, 4.69) is 25.8 Å². The second-order valence-electron chi connectivity index (χ2n) is 13.6. The number of aromatic nitrogens is 2. The molecular weight excluding hydrogens is 578 g/mol. The van der Waals surface area contributed by atoms with Crippen LogP contribution in [0.2, 0.25) is 0 Å². The Labute approximate surface area is 266 Å². The number of rotatable bonds is 13. The third-order valence-corrected chi connectivity index (χ3v) is 6.87. The summed E-state index contributed by atoms with van der Waals surface area (Å²) in [7, 11) is 0. The van der Waals surface area contributed by atoms with Crippen molar-refractivity contribution < 1.29 is 28.3 Å². The lowest BCUT2D eigenvalue weighted by Gasteiger charge is -2.33. The third kappa shape index (κ3) is 11.6. The molecule has 2 aromatic heterocycles. The van der Waals surface area contributed by atoms with Gasteiger partial charge in [0.2, 0.25) is 5.91 Å². The molecule has 1 saturated heterocycles. The van der Waals surface area contributed by atoms with Gasteiger partial charge < -0.3 is 34.7 Å². The van der Waals surface area contributed by atoms with Gasteiger partial charge in [0.15, 0.2) is 0 Å². The second kappa shape index (κ2) is 16.0. The van der Waals surface area contributed by atoms with Crippen LogP contribution >= 0.6 is 0 Å². The quantitative estimate of drug-likeness (QED) is 0.301. The van der Waals surface area contributed by atoms with E-state index in [0.717, 1.165) is 13.1 Å². The van der Waals surface area contributed by atoms with E-state index in [9.17, 15) is 14.4 Å². The molecule has 3 amide bonds. The van der Waals surface area contributed by atoms with Crippen LogP contribution in [0, 0.1) is 5.92 Å². The molecule has 0 saturated carbocycles. The van der Waals surface area contributed by atoms with Gasteiger partial charge in [-0.15, -0.1) is 0 Å². The van der Waals surface area contributed by atoms with E-state index in [4.69, 9.17) is 18.9 Å². The zero-order valence-corrected chi connectivity index (χ0v) is 28.1. The molecule has 1 aliphatic rings. The third-order valence-electron chi connectivity index (χ3n) is 6.87. The number of carbonyl (C=O) groups excluding carboxylic acids is 3. The molecule has 1 aliphatic heterocycles. The van der Waals surface area contributed by atoms with Crippen LogP contribution < -0.4 is 16.0 Å². The fourth-order valence-corrected chi connectivity index (χ4v) is 4.64. The maximum atomic E-state index is 14.4. The highest BCUT2D eigenvalue weighted by Gasteiger charge is 2.34. The molecule has 13 heteroatoms.